The molecular weight excluding hydrogens is 322 g/mol. The predicted molar refractivity (Wildman–Crippen MR) is 91.0 cm³/mol. The van der Waals surface area contributed by atoms with Crippen molar-refractivity contribution < 1.29 is 24.2 Å². The fourth-order valence-electron chi connectivity index (χ4n) is 3.09. The van der Waals surface area contributed by atoms with E-state index in [0.717, 1.165) is 11.1 Å². The van der Waals surface area contributed by atoms with E-state index in [1.54, 1.807) is 18.2 Å². The van der Waals surface area contributed by atoms with Gasteiger partial charge in [0.1, 0.15) is 6.04 Å². The average molecular weight is 341 g/mol. The number of hydrogen-bond donors (Lipinski definition) is 1. The van der Waals surface area contributed by atoms with Crippen molar-refractivity contribution in [2.24, 2.45) is 0 Å². The first kappa shape index (κ1) is 16.8. The molecule has 0 bridgehead atoms. The molecule has 0 fully saturated rings. The molecule has 1 aliphatic heterocycles. The molecule has 2 aromatic rings. The molecule has 0 saturated carbocycles. The van der Waals surface area contributed by atoms with Crippen LogP contribution in [0.1, 0.15) is 21.5 Å². The van der Waals surface area contributed by atoms with Crippen LogP contribution in [0.15, 0.2) is 42.5 Å². The topological polar surface area (TPSA) is 76.1 Å². The van der Waals surface area contributed by atoms with Gasteiger partial charge in [0.05, 0.1) is 14.2 Å². The molecule has 1 aliphatic rings. The molecule has 0 spiro atoms. The van der Waals surface area contributed by atoms with Crippen molar-refractivity contribution in [2.45, 2.75) is 19.0 Å². The molecular formula is C19H19NO5. The molecule has 6 heteroatoms. The van der Waals surface area contributed by atoms with Crippen molar-refractivity contribution in [3.8, 4) is 11.5 Å². The molecule has 25 heavy (non-hydrogen) atoms. The van der Waals surface area contributed by atoms with E-state index in [9.17, 15) is 14.7 Å². The number of amides is 1. The highest BCUT2D eigenvalue weighted by Gasteiger charge is 2.35. The zero-order valence-electron chi connectivity index (χ0n) is 14.1. The Kier molecular flexibility index (Phi) is 4.61. The summed E-state index contributed by atoms with van der Waals surface area (Å²) in [5.74, 6) is -0.415. The average Bonchev–Trinajstić information content (AvgIpc) is 2.65. The van der Waals surface area contributed by atoms with E-state index in [0.29, 0.717) is 23.5 Å². The van der Waals surface area contributed by atoms with Crippen LogP contribution in [-0.4, -0.2) is 42.1 Å². The van der Waals surface area contributed by atoms with Crippen LogP contribution in [-0.2, 0) is 17.8 Å². The van der Waals surface area contributed by atoms with Gasteiger partial charge >= 0.3 is 5.97 Å². The lowest BCUT2D eigenvalue weighted by Crippen LogP contribution is -2.48. The normalized spacial score (nSPS) is 16.1. The molecule has 0 radical (unpaired) electrons. The first-order valence-electron chi connectivity index (χ1n) is 7.87. The number of methoxy groups -OCH3 is 2. The van der Waals surface area contributed by atoms with Crippen LogP contribution in [0.3, 0.4) is 0 Å². The molecule has 0 saturated heterocycles. The van der Waals surface area contributed by atoms with E-state index in [2.05, 4.69) is 0 Å². The second-order valence-electron chi connectivity index (χ2n) is 5.83. The zero-order valence-corrected chi connectivity index (χ0v) is 14.1. The Hall–Kier alpha value is -3.02. The molecule has 0 unspecified atom stereocenters. The maximum atomic E-state index is 13.0. The second kappa shape index (κ2) is 6.84. The summed E-state index contributed by atoms with van der Waals surface area (Å²) < 4.78 is 10.4. The highest BCUT2D eigenvalue weighted by atomic mass is 16.5. The third-order valence-corrected chi connectivity index (χ3v) is 4.42. The first-order valence-corrected chi connectivity index (χ1v) is 7.87. The van der Waals surface area contributed by atoms with E-state index in [1.807, 2.05) is 24.3 Å². The Bertz CT molecular complexity index is 817. The fraction of sp³-hybridized carbons (Fsp3) is 0.263. The second-order valence-corrected chi connectivity index (χ2v) is 5.83. The molecule has 6 nitrogen and oxygen atoms in total. The van der Waals surface area contributed by atoms with Crippen LogP contribution in [0.5, 0.6) is 11.5 Å². The Morgan fingerprint density at radius 2 is 1.72 bits per heavy atom. The molecule has 1 heterocycles. The van der Waals surface area contributed by atoms with Gasteiger partial charge in [-0.25, -0.2) is 4.79 Å². The summed E-state index contributed by atoms with van der Waals surface area (Å²) in [6.45, 7) is 0.264. The minimum atomic E-state index is -1.01. The van der Waals surface area contributed by atoms with Crippen molar-refractivity contribution >= 4 is 11.9 Å². The van der Waals surface area contributed by atoms with Crippen molar-refractivity contribution in [3.63, 3.8) is 0 Å². The van der Waals surface area contributed by atoms with E-state index in [4.69, 9.17) is 9.47 Å². The summed E-state index contributed by atoms with van der Waals surface area (Å²) in [5.41, 5.74) is 2.29. The van der Waals surface area contributed by atoms with Crippen LogP contribution in [0, 0.1) is 0 Å². The van der Waals surface area contributed by atoms with Crippen LogP contribution < -0.4 is 9.47 Å². The van der Waals surface area contributed by atoms with E-state index in [-0.39, 0.29) is 12.5 Å². The lowest BCUT2D eigenvalue weighted by Gasteiger charge is -2.34. The van der Waals surface area contributed by atoms with Crippen molar-refractivity contribution in [1.29, 1.82) is 0 Å². The van der Waals surface area contributed by atoms with Gasteiger partial charge in [-0.3, -0.25) is 4.79 Å². The van der Waals surface area contributed by atoms with Gasteiger partial charge in [0.2, 0.25) is 0 Å². The number of carboxylic acid groups (broad SMARTS) is 1. The SMILES string of the molecule is COc1ccc(C(=O)N2Cc3ccccc3C[C@@H]2C(=O)O)cc1OC. The largest absolute Gasteiger partial charge is 0.493 e. The molecule has 3 rings (SSSR count). The number of carboxylic acids is 1. The number of carbonyl (C=O) groups is 2. The lowest BCUT2D eigenvalue weighted by molar-refractivity contribution is -0.142. The standard InChI is InChI=1S/C19H19NO5/c1-24-16-8-7-13(10-17(16)25-2)18(21)20-11-14-6-4-3-5-12(14)9-15(20)19(22)23/h3-8,10,15H,9,11H2,1-2H3,(H,22,23)/t15-/m1/s1. The van der Waals surface area contributed by atoms with Gasteiger partial charge in [-0.1, -0.05) is 24.3 Å². The monoisotopic (exact) mass is 341 g/mol. The number of aliphatic carboxylic acids is 1. The summed E-state index contributed by atoms with van der Waals surface area (Å²) >= 11 is 0. The Morgan fingerprint density at radius 1 is 1.04 bits per heavy atom. The molecule has 2 aromatic carbocycles. The van der Waals surface area contributed by atoms with Crippen molar-refractivity contribution in [2.75, 3.05) is 14.2 Å². The van der Waals surface area contributed by atoms with Crippen LogP contribution in [0.2, 0.25) is 0 Å². The van der Waals surface area contributed by atoms with E-state index < -0.39 is 12.0 Å². The van der Waals surface area contributed by atoms with Gasteiger partial charge in [-0.05, 0) is 29.3 Å². The van der Waals surface area contributed by atoms with Gasteiger partial charge in [0, 0.05) is 18.5 Å². The molecule has 0 aromatic heterocycles. The summed E-state index contributed by atoms with van der Waals surface area (Å²) in [4.78, 5) is 26.0. The highest BCUT2D eigenvalue weighted by molar-refractivity contribution is 5.97. The summed E-state index contributed by atoms with van der Waals surface area (Å²) in [7, 11) is 3.00. The number of nitrogens with zero attached hydrogens (tertiary/aromatic N) is 1. The van der Waals surface area contributed by atoms with Gasteiger partial charge in [-0.15, -0.1) is 0 Å². The number of fused-ring (bicyclic) bond motifs is 1. The molecule has 130 valence electrons. The summed E-state index contributed by atoms with van der Waals surface area (Å²) in [6.07, 6.45) is 0.296. The maximum absolute atomic E-state index is 13.0. The predicted octanol–water partition coefficient (Wildman–Crippen LogP) is 2.36. The van der Waals surface area contributed by atoms with E-state index >= 15 is 0 Å². The van der Waals surface area contributed by atoms with Gasteiger partial charge in [0.15, 0.2) is 11.5 Å². The van der Waals surface area contributed by atoms with Crippen LogP contribution in [0.25, 0.3) is 0 Å². The van der Waals surface area contributed by atoms with Gasteiger partial charge in [-0.2, -0.15) is 0 Å². The number of ether oxygens (including phenoxy) is 2. The Labute approximate surface area is 145 Å². The lowest BCUT2D eigenvalue weighted by atomic mass is 9.93. The van der Waals surface area contributed by atoms with Gasteiger partial charge in [0.25, 0.3) is 5.91 Å². The number of rotatable bonds is 4. The molecule has 1 N–H and O–H groups in total. The quantitative estimate of drug-likeness (QED) is 0.924. The van der Waals surface area contributed by atoms with E-state index in [1.165, 1.54) is 19.1 Å². The highest BCUT2D eigenvalue weighted by Crippen LogP contribution is 2.30. The minimum absolute atomic E-state index is 0.264. The zero-order chi connectivity index (χ0) is 18.0. The van der Waals surface area contributed by atoms with Crippen LogP contribution >= 0.6 is 0 Å². The molecule has 0 aliphatic carbocycles. The van der Waals surface area contributed by atoms with Gasteiger partial charge < -0.3 is 19.5 Å². The van der Waals surface area contributed by atoms with Crippen molar-refractivity contribution in [1.82, 2.24) is 4.90 Å². The first-order chi connectivity index (χ1) is 12.0. The third-order valence-electron chi connectivity index (χ3n) is 4.42. The number of hydrogen-bond acceptors (Lipinski definition) is 4. The van der Waals surface area contributed by atoms with Crippen LogP contribution in [0.4, 0.5) is 0 Å². The fourth-order valence-corrected chi connectivity index (χ4v) is 3.09. The molecule has 1 atom stereocenters. The smallest absolute Gasteiger partial charge is 0.326 e. The Morgan fingerprint density at radius 3 is 2.36 bits per heavy atom. The molecule has 1 amide bonds. The summed E-state index contributed by atoms with van der Waals surface area (Å²) in [6, 6.07) is 11.5. The number of benzene rings is 2. The minimum Gasteiger partial charge on any atom is -0.493 e. The third kappa shape index (κ3) is 3.15. The van der Waals surface area contributed by atoms with Crippen molar-refractivity contribution in [3.05, 3.63) is 59.2 Å². The maximum Gasteiger partial charge on any atom is 0.326 e. The number of carbonyl (C=O) groups excluding carboxylic acids is 1. The summed E-state index contributed by atoms with van der Waals surface area (Å²) in [5, 5.41) is 9.57. The Balaban J connectivity index is 1.96.